The van der Waals surface area contributed by atoms with E-state index >= 15 is 0 Å². The monoisotopic (exact) mass is 218 g/mol. The van der Waals surface area contributed by atoms with E-state index in [-0.39, 0.29) is 0 Å². The molecule has 1 fully saturated rings. The van der Waals surface area contributed by atoms with Gasteiger partial charge in [-0.25, -0.2) is 0 Å². The van der Waals surface area contributed by atoms with Crippen LogP contribution in [-0.4, -0.2) is 18.9 Å². The first-order valence-corrected chi connectivity index (χ1v) is 5.66. The van der Waals surface area contributed by atoms with Crippen molar-refractivity contribution in [1.29, 1.82) is 0 Å². The fourth-order valence-corrected chi connectivity index (χ4v) is 2.12. The standard InChI is InChI=1S/C12H18N4/c13-16-9-15-11-6-7-12(14-8-11)10-4-2-1-3-5-10/h1-5,9,11-12,14H,6-8,13H2,(H,15,16). The molecule has 86 valence electrons. The molecule has 2 atom stereocenters. The van der Waals surface area contributed by atoms with Gasteiger partial charge in [-0.05, 0) is 18.4 Å². The van der Waals surface area contributed by atoms with Gasteiger partial charge in [0, 0.05) is 18.6 Å². The molecule has 0 spiro atoms. The minimum atomic E-state index is 0.437. The Morgan fingerprint density at radius 1 is 1.31 bits per heavy atom. The van der Waals surface area contributed by atoms with Crippen LogP contribution in [0.3, 0.4) is 0 Å². The highest BCUT2D eigenvalue weighted by atomic mass is 15.2. The number of piperidine rings is 1. The molecule has 4 heteroatoms. The number of benzene rings is 1. The van der Waals surface area contributed by atoms with Crippen molar-refractivity contribution in [2.45, 2.75) is 24.9 Å². The number of nitrogens with one attached hydrogen (secondary N) is 2. The second-order valence-corrected chi connectivity index (χ2v) is 4.09. The van der Waals surface area contributed by atoms with Crippen LogP contribution in [0.25, 0.3) is 0 Å². The fraction of sp³-hybridized carbons (Fsp3) is 0.417. The van der Waals surface area contributed by atoms with E-state index in [1.54, 1.807) is 6.34 Å². The number of rotatable bonds is 3. The Balaban J connectivity index is 1.86. The third-order valence-electron chi connectivity index (χ3n) is 3.00. The van der Waals surface area contributed by atoms with Gasteiger partial charge in [-0.15, -0.1) is 0 Å². The number of hydrogen-bond acceptors (Lipinski definition) is 3. The minimum Gasteiger partial charge on any atom is -0.371 e. The van der Waals surface area contributed by atoms with Gasteiger partial charge in [-0.3, -0.25) is 0 Å². The molecule has 1 aliphatic rings. The van der Waals surface area contributed by atoms with E-state index in [1.807, 2.05) is 6.07 Å². The maximum atomic E-state index is 5.05. The molecule has 1 aromatic carbocycles. The van der Waals surface area contributed by atoms with Crippen LogP contribution in [0.4, 0.5) is 0 Å². The van der Waals surface area contributed by atoms with Crippen molar-refractivity contribution in [3.05, 3.63) is 35.9 Å². The maximum absolute atomic E-state index is 5.05. The lowest BCUT2D eigenvalue weighted by molar-refractivity contribution is 0.357. The second-order valence-electron chi connectivity index (χ2n) is 4.09. The molecule has 2 rings (SSSR count). The highest BCUT2D eigenvalue weighted by Crippen LogP contribution is 2.22. The highest BCUT2D eigenvalue weighted by Gasteiger charge is 2.20. The zero-order valence-corrected chi connectivity index (χ0v) is 9.26. The highest BCUT2D eigenvalue weighted by molar-refractivity contribution is 5.54. The normalized spacial score (nSPS) is 25.8. The summed E-state index contributed by atoms with van der Waals surface area (Å²) in [6.45, 7) is 0.950. The van der Waals surface area contributed by atoms with Gasteiger partial charge in [-0.2, -0.15) is 5.10 Å². The van der Waals surface area contributed by atoms with E-state index < -0.39 is 0 Å². The second kappa shape index (κ2) is 5.51. The topological polar surface area (TPSA) is 62.4 Å². The Morgan fingerprint density at radius 3 is 2.75 bits per heavy atom. The van der Waals surface area contributed by atoms with Crippen molar-refractivity contribution in [2.75, 3.05) is 6.54 Å². The quantitative estimate of drug-likeness (QED) is 0.306. The first kappa shape index (κ1) is 11.0. The van der Waals surface area contributed by atoms with E-state index in [4.69, 9.17) is 5.84 Å². The Morgan fingerprint density at radius 2 is 2.12 bits per heavy atom. The van der Waals surface area contributed by atoms with Gasteiger partial charge in [0.2, 0.25) is 0 Å². The van der Waals surface area contributed by atoms with Gasteiger partial charge in [0.15, 0.2) is 0 Å². The van der Waals surface area contributed by atoms with Gasteiger partial charge in [-0.1, -0.05) is 30.3 Å². The van der Waals surface area contributed by atoms with Crippen LogP contribution < -0.4 is 16.5 Å². The van der Waals surface area contributed by atoms with Gasteiger partial charge in [0.05, 0.1) is 0 Å². The third kappa shape index (κ3) is 2.73. The number of nitrogens with zero attached hydrogens (tertiary/aromatic N) is 1. The summed E-state index contributed by atoms with van der Waals surface area (Å²) in [6.07, 6.45) is 3.84. The van der Waals surface area contributed by atoms with Crippen LogP contribution in [0.1, 0.15) is 24.4 Å². The van der Waals surface area contributed by atoms with E-state index in [0.717, 1.165) is 19.4 Å². The third-order valence-corrected chi connectivity index (χ3v) is 3.00. The van der Waals surface area contributed by atoms with E-state index in [0.29, 0.717) is 12.1 Å². The smallest absolute Gasteiger partial charge is 0.108 e. The van der Waals surface area contributed by atoms with Gasteiger partial charge in [0.25, 0.3) is 0 Å². The lowest BCUT2D eigenvalue weighted by atomic mass is 9.95. The average molecular weight is 218 g/mol. The lowest BCUT2D eigenvalue weighted by Gasteiger charge is -2.30. The Bertz CT molecular complexity index is 328. The molecule has 1 saturated heterocycles. The SMILES string of the molecule is N/N=C\NC1CCC(c2ccccc2)NC1. The molecule has 0 bridgehead atoms. The zero-order valence-electron chi connectivity index (χ0n) is 9.26. The maximum Gasteiger partial charge on any atom is 0.108 e. The van der Waals surface area contributed by atoms with Crippen LogP contribution in [0.5, 0.6) is 0 Å². The van der Waals surface area contributed by atoms with Crippen LogP contribution in [0.2, 0.25) is 0 Å². The molecule has 1 aromatic rings. The van der Waals surface area contributed by atoms with Crippen molar-refractivity contribution in [1.82, 2.24) is 10.6 Å². The Kier molecular flexibility index (Phi) is 3.77. The number of nitrogens with two attached hydrogens (primary N) is 1. The molecule has 0 radical (unpaired) electrons. The van der Waals surface area contributed by atoms with E-state index in [9.17, 15) is 0 Å². The predicted molar refractivity (Wildman–Crippen MR) is 66.0 cm³/mol. The van der Waals surface area contributed by atoms with Crippen molar-refractivity contribution in [3.63, 3.8) is 0 Å². The van der Waals surface area contributed by atoms with E-state index in [2.05, 4.69) is 40.0 Å². The van der Waals surface area contributed by atoms with Crippen LogP contribution in [0, 0.1) is 0 Å². The zero-order chi connectivity index (χ0) is 11.2. The molecular weight excluding hydrogens is 200 g/mol. The van der Waals surface area contributed by atoms with E-state index in [1.165, 1.54) is 5.56 Å². The van der Waals surface area contributed by atoms with Gasteiger partial charge >= 0.3 is 0 Å². The largest absolute Gasteiger partial charge is 0.371 e. The van der Waals surface area contributed by atoms with Crippen molar-refractivity contribution in [3.8, 4) is 0 Å². The summed E-state index contributed by atoms with van der Waals surface area (Å²) in [5.41, 5.74) is 1.37. The summed E-state index contributed by atoms with van der Waals surface area (Å²) in [5.74, 6) is 5.05. The van der Waals surface area contributed by atoms with Crippen molar-refractivity contribution in [2.24, 2.45) is 10.9 Å². The lowest BCUT2D eigenvalue weighted by Crippen LogP contribution is -2.44. The molecule has 4 nitrogen and oxygen atoms in total. The van der Waals surface area contributed by atoms with Crippen LogP contribution in [0.15, 0.2) is 35.4 Å². The van der Waals surface area contributed by atoms with Crippen molar-refractivity contribution >= 4 is 6.34 Å². The van der Waals surface area contributed by atoms with Crippen LogP contribution in [-0.2, 0) is 0 Å². The first-order chi connectivity index (χ1) is 7.90. The molecule has 2 unspecified atom stereocenters. The predicted octanol–water partition coefficient (Wildman–Crippen LogP) is 0.971. The molecule has 0 saturated carbocycles. The first-order valence-electron chi connectivity index (χ1n) is 5.66. The molecule has 0 aliphatic carbocycles. The molecular formula is C12H18N4. The summed E-state index contributed by atoms with van der Waals surface area (Å²) < 4.78 is 0. The van der Waals surface area contributed by atoms with Gasteiger partial charge < -0.3 is 16.5 Å². The Labute approximate surface area is 95.9 Å². The average Bonchev–Trinajstić information content (AvgIpc) is 2.38. The Hall–Kier alpha value is -1.55. The molecule has 0 amide bonds. The summed E-state index contributed by atoms with van der Waals surface area (Å²) in [5, 5.41) is 10.1. The van der Waals surface area contributed by atoms with Crippen LogP contribution >= 0.6 is 0 Å². The molecule has 4 N–H and O–H groups in total. The molecule has 1 aliphatic heterocycles. The van der Waals surface area contributed by atoms with Gasteiger partial charge in [0.1, 0.15) is 6.34 Å². The van der Waals surface area contributed by atoms with Crippen molar-refractivity contribution < 1.29 is 0 Å². The summed E-state index contributed by atoms with van der Waals surface area (Å²) in [7, 11) is 0. The number of hydrazone groups is 1. The summed E-state index contributed by atoms with van der Waals surface area (Å²) >= 11 is 0. The minimum absolute atomic E-state index is 0.437. The summed E-state index contributed by atoms with van der Waals surface area (Å²) in [4.78, 5) is 0. The summed E-state index contributed by atoms with van der Waals surface area (Å²) in [6, 6.07) is 11.5. The fourth-order valence-electron chi connectivity index (χ4n) is 2.12. The number of hydrogen-bond donors (Lipinski definition) is 3. The molecule has 16 heavy (non-hydrogen) atoms. The molecule has 0 aromatic heterocycles. The molecule has 1 heterocycles.